The predicted molar refractivity (Wildman–Crippen MR) is 99.5 cm³/mol. The maximum atomic E-state index is 4.54. The molecule has 1 aromatic carbocycles. The van der Waals surface area contributed by atoms with Crippen molar-refractivity contribution in [3.8, 4) is 11.4 Å². The summed E-state index contributed by atoms with van der Waals surface area (Å²) in [6.07, 6.45) is 5.50. The molecule has 0 saturated carbocycles. The highest BCUT2D eigenvalue weighted by atomic mass is 15.3. The normalized spacial score (nSPS) is 22.4. The van der Waals surface area contributed by atoms with Gasteiger partial charge in [-0.05, 0) is 19.8 Å². The molecule has 0 N–H and O–H groups in total. The van der Waals surface area contributed by atoms with Gasteiger partial charge in [0.1, 0.15) is 5.82 Å². The number of rotatable bonds is 3. The Bertz CT molecular complexity index is 925. The van der Waals surface area contributed by atoms with E-state index in [2.05, 4.69) is 56.0 Å². The molecule has 26 heavy (non-hydrogen) atoms. The first-order valence-corrected chi connectivity index (χ1v) is 9.41. The summed E-state index contributed by atoms with van der Waals surface area (Å²) in [5.41, 5.74) is 3.75. The SMILES string of the molecule is Cc1c(CN2[C@@H]3CC[C@H]2Cc2nnc(-c4ccccc4)n2C3)cnn1C. The lowest BCUT2D eigenvalue weighted by molar-refractivity contribution is 0.180. The Morgan fingerprint density at radius 3 is 2.65 bits per heavy atom. The first kappa shape index (κ1) is 15.8. The van der Waals surface area contributed by atoms with Gasteiger partial charge < -0.3 is 4.57 Å². The van der Waals surface area contributed by atoms with Crippen molar-refractivity contribution in [2.45, 2.75) is 51.4 Å². The minimum atomic E-state index is 0.541. The molecule has 5 rings (SSSR count). The van der Waals surface area contributed by atoms with Gasteiger partial charge in [0.25, 0.3) is 0 Å². The zero-order valence-electron chi connectivity index (χ0n) is 15.3. The largest absolute Gasteiger partial charge is 0.309 e. The molecule has 0 unspecified atom stereocenters. The molecule has 2 aromatic heterocycles. The summed E-state index contributed by atoms with van der Waals surface area (Å²) in [5.74, 6) is 2.13. The lowest BCUT2D eigenvalue weighted by Crippen LogP contribution is -2.36. The minimum absolute atomic E-state index is 0.541. The number of hydrogen-bond acceptors (Lipinski definition) is 4. The van der Waals surface area contributed by atoms with Gasteiger partial charge in [0.05, 0.1) is 6.20 Å². The van der Waals surface area contributed by atoms with E-state index in [9.17, 15) is 0 Å². The second-order valence-electron chi connectivity index (χ2n) is 7.56. The van der Waals surface area contributed by atoms with E-state index in [1.807, 2.05) is 24.0 Å². The third-order valence-electron chi connectivity index (χ3n) is 6.13. The first-order chi connectivity index (χ1) is 12.7. The Morgan fingerprint density at radius 2 is 1.88 bits per heavy atom. The van der Waals surface area contributed by atoms with Crippen LogP contribution in [0.5, 0.6) is 0 Å². The topological polar surface area (TPSA) is 51.8 Å². The van der Waals surface area contributed by atoms with Crippen molar-refractivity contribution in [1.29, 1.82) is 0 Å². The van der Waals surface area contributed by atoms with Crippen LogP contribution in [0.15, 0.2) is 36.5 Å². The van der Waals surface area contributed by atoms with Crippen LogP contribution in [0.1, 0.15) is 29.9 Å². The van der Waals surface area contributed by atoms with Crippen molar-refractivity contribution in [2.75, 3.05) is 0 Å². The monoisotopic (exact) mass is 348 g/mol. The van der Waals surface area contributed by atoms with E-state index in [4.69, 9.17) is 0 Å². The number of hydrogen-bond donors (Lipinski definition) is 0. The van der Waals surface area contributed by atoms with Gasteiger partial charge in [-0.1, -0.05) is 30.3 Å². The van der Waals surface area contributed by atoms with E-state index >= 15 is 0 Å². The molecule has 1 saturated heterocycles. The van der Waals surface area contributed by atoms with E-state index in [0.29, 0.717) is 12.1 Å². The van der Waals surface area contributed by atoms with Crippen molar-refractivity contribution in [3.63, 3.8) is 0 Å². The molecule has 2 aliphatic heterocycles. The molecule has 6 heteroatoms. The molecule has 0 aliphatic carbocycles. The zero-order chi connectivity index (χ0) is 17.7. The van der Waals surface area contributed by atoms with E-state index < -0.39 is 0 Å². The molecule has 3 aromatic rings. The van der Waals surface area contributed by atoms with Crippen molar-refractivity contribution in [2.24, 2.45) is 7.05 Å². The van der Waals surface area contributed by atoms with Crippen LogP contribution < -0.4 is 0 Å². The Labute approximate surface area is 153 Å². The summed E-state index contributed by atoms with van der Waals surface area (Å²) in [7, 11) is 2.02. The van der Waals surface area contributed by atoms with Crippen LogP contribution in [0.4, 0.5) is 0 Å². The molecular formula is C20H24N6. The third-order valence-corrected chi connectivity index (χ3v) is 6.13. The molecule has 2 aliphatic rings. The highest BCUT2D eigenvalue weighted by Crippen LogP contribution is 2.34. The molecule has 0 spiro atoms. The summed E-state index contributed by atoms with van der Waals surface area (Å²) in [4.78, 5) is 2.67. The standard InChI is InChI=1S/C20H24N6/c1-14-16(11-21-24(14)2)12-25-17-8-9-18(25)13-26-19(10-17)22-23-20(26)15-6-4-3-5-7-15/h3-7,11,17-18H,8-10,12-13H2,1-2H3/t17-,18+/m0/s1. The number of aromatic nitrogens is 5. The smallest absolute Gasteiger partial charge is 0.164 e. The predicted octanol–water partition coefficient (Wildman–Crippen LogP) is 2.58. The summed E-state index contributed by atoms with van der Waals surface area (Å²) in [6, 6.07) is 11.5. The molecule has 0 radical (unpaired) electrons. The molecule has 134 valence electrons. The van der Waals surface area contributed by atoms with E-state index in [1.165, 1.54) is 24.1 Å². The van der Waals surface area contributed by atoms with Gasteiger partial charge >= 0.3 is 0 Å². The van der Waals surface area contributed by atoms with Crippen LogP contribution >= 0.6 is 0 Å². The Kier molecular flexibility index (Phi) is 3.67. The summed E-state index contributed by atoms with van der Waals surface area (Å²) in [6.45, 7) is 4.11. The van der Waals surface area contributed by atoms with Gasteiger partial charge in [0.2, 0.25) is 0 Å². The highest BCUT2D eigenvalue weighted by Gasteiger charge is 2.38. The zero-order valence-corrected chi connectivity index (χ0v) is 15.3. The lowest BCUT2D eigenvalue weighted by atomic mass is 10.1. The van der Waals surface area contributed by atoms with Gasteiger partial charge in [0.15, 0.2) is 5.82 Å². The van der Waals surface area contributed by atoms with Gasteiger partial charge in [0, 0.05) is 55.5 Å². The average molecular weight is 348 g/mol. The molecule has 6 nitrogen and oxygen atoms in total. The first-order valence-electron chi connectivity index (χ1n) is 9.41. The quantitative estimate of drug-likeness (QED) is 0.730. The number of fused-ring (bicyclic) bond motifs is 3. The fourth-order valence-corrected chi connectivity index (χ4v) is 4.48. The Hall–Kier alpha value is -2.47. The molecule has 2 atom stereocenters. The fourth-order valence-electron chi connectivity index (χ4n) is 4.48. The molecule has 2 bridgehead atoms. The van der Waals surface area contributed by atoms with Crippen LogP contribution in [0, 0.1) is 6.92 Å². The Morgan fingerprint density at radius 1 is 1.08 bits per heavy atom. The molecule has 4 heterocycles. The molecule has 0 amide bonds. The lowest BCUT2D eigenvalue weighted by Gasteiger charge is -2.27. The van der Waals surface area contributed by atoms with Crippen LogP contribution in [0.2, 0.25) is 0 Å². The van der Waals surface area contributed by atoms with Crippen molar-refractivity contribution >= 4 is 0 Å². The van der Waals surface area contributed by atoms with Crippen LogP contribution in [0.3, 0.4) is 0 Å². The number of aryl methyl sites for hydroxylation is 1. The second-order valence-corrected chi connectivity index (χ2v) is 7.56. The van der Waals surface area contributed by atoms with Gasteiger partial charge in [-0.25, -0.2) is 0 Å². The highest BCUT2D eigenvalue weighted by molar-refractivity contribution is 5.55. The average Bonchev–Trinajstić information content (AvgIpc) is 3.28. The van der Waals surface area contributed by atoms with Gasteiger partial charge in [-0.15, -0.1) is 10.2 Å². The maximum absolute atomic E-state index is 4.54. The van der Waals surface area contributed by atoms with Gasteiger partial charge in [-0.3, -0.25) is 9.58 Å². The molecular weight excluding hydrogens is 324 g/mol. The van der Waals surface area contributed by atoms with Crippen molar-refractivity contribution < 1.29 is 0 Å². The van der Waals surface area contributed by atoms with E-state index in [-0.39, 0.29) is 0 Å². The summed E-state index contributed by atoms with van der Waals surface area (Å²) >= 11 is 0. The summed E-state index contributed by atoms with van der Waals surface area (Å²) in [5, 5.41) is 13.5. The van der Waals surface area contributed by atoms with E-state index in [1.54, 1.807) is 0 Å². The maximum Gasteiger partial charge on any atom is 0.164 e. The van der Waals surface area contributed by atoms with Crippen LogP contribution in [0.25, 0.3) is 11.4 Å². The van der Waals surface area contributed by atoms with E-state index in [0.717, 1.165) is 36.7 Å². The summed E-state index contributed by atoms with van der Waals surface area (Å²) < 4.78 is 4.32. The number of benzene rings is 1. The minimum Gasteiger partial charge on any atom is -0.309 e. The fraction of sp³-hybridized carbons (Fsp3) is 0.450. The van der Waals surface area contributed by atoms with Gasteiger partial charge in [-0.2, -0.15) is 5.10 Å². The number of nitrogens with zero attached hydrogens (tertiary/aromatic N) is 6. The van der Waals surface area contributed by atoms with Crippen molar-refractivity contribution in [1.82, 2.24) is 29.4 Å². The third kappa shape index (κ3) is 2.48. The van der Waals surface area contributed by atoms with Crippen molar-refractivity contribution in [3.05, 3.63) is 53.6 Å². The second kappa shape index (κ2) is 6.06. The molecule has 1 fully saturated rings. The van der Waals surface area contributed by atoms with Crippen LogP contribution in [-0.2, 0) is 26.6 Å². The van der Waals surface area contributed by atoms with Crippen LogP contribution in [-0.4, -0.2) is 41.5 Å². The Balaban J connectivity index is 1.46.